The van der Waals surface area contributed by atoms with Gasteiger partial charge in [-0.1, -0.05) is 6.92 Å². The minimum absolute atomic E-state index is 0.0644. The predicted molar refractivity (Wildman–Crippen MR) is 48.0 cm³/mol. The third kappa shape index (κ3) is 2.31. The number of methoxy groups -OCH3 is 1. The molecule has 3 nitrogen and oxygen atoms in total. The molecule has 0 atom stereocenters. The first-order valence-electron chi connectivity index (χ1n) is 4.27. The highest BCUT2D eigenvalue weighted by Crippen LogP contribution is 2.28. The summed E-state index contributed by atoms with van der Waals surface area (Å²) in [6.45, 7) is 1.63. The van der Waals surface area contributed by atoms with Crippen molar-refractivity contribution in [3.05, 3.63) is 27.7 Å². The van der Waals surface area contributed by atoms with Gasteiger partial charge < -0.3 is 9.72 Å². The van der Waals surface area contributed by atoms with E-state index in [1.165, 1.54) is 7.11 Å². The van der Waals surface area contributed by atoms with Gasteiger partial charge in [-0.25, -0.2) is 0 Å². The van der Waals surface area contributed by atoms with Gasteiger partial charge in [-0.15, -0.1) is 0 Å². The van der Waals surface area contributed by atoms with E-state index in [1.54, 1.807) is 6.92 Å². The van der Waals surface area contributed by atoms with Gasteiger partial charge in [0.25, 0.3) is 0 Å². The van der Waals surface area contributed by atoms with Crippen LogP contribution in [-0.2, 0) is 12.6 Å². The van der Waals surface area contributed by atoms with Crippen LogP contribution in [0.4, 0.5) is 13.2 Å². The summed E-state index contributed by atoms with van der Waals surface area (Å²) in [6.07, 6.45) is -4.28. The smallest absolute Gasteiger partial charge is 0.431 e. The van der Waals surface area contributed by atoms with E-state index >= 15 is 0 Å². The van der Waals surface area contributed by atoms with Crippen LogP contribution in [0.15, 0.2) is 10.9 Å². The zero-order chi connectivity index (χ0) is 11.6. The third-order valence-corrected chi connectivity index (χ3v) is 1.92. The lowest BCUT2D eigenvalue weighted by atomic mass is 10.2. The number of hydrogen-bond donors (Lipinski definition) is 1. The Hall–Kier alpha value is -1.46. The minimum atomic E-state index is -4.55. The SMILES string of the molecule is CCc1[nH]c(C(F)(F)F)cc(=O)c1OC. The number of aromatic nitrogens is 1. The number of aryl methyl sites for hydroxylation is 1. The summed E-state index contributed by atoms with van der Waals surface area (Å²) in [7, 11) is 1.25. The second kappa shape index (κ2) is 3.96. The molecular formula is C9H10F3NO2. The van der Waals surface area contributed by atoms with Crippen LogP contribution >= 0.6 is 0 Å². The Labute approximate surface area is 83.9 Å². The van der Waals surface area contributed by atoms with Crippen LogP contribution in [0.5, 0.6) is 5.75 Å². The number of halogens is 3. The summed E-state index contributed by atoms with van der Waals surface area (Å²) in [6, 6.07) is 0.498. The Morgan fingerprint density at radius 3 is 2.47 bits per heavy atom. The lowest BCUT2D eigenvalue weighted by molar-refractivity contribution is -0.141. The summed E-state index contributed by atoms with van der Waals surface area (Å²) in [5, 5.41) is 0. The molecule has 84 valence electrons. The number of hydrogen-bond acceptors (Lipinski definition) is 2. The van der Waals surface area contributed by atoms with Gasteiger partial charge in [0, 0.05) is 6.07 Å². The lowest BCUT2D eigenvalue weighted by Gasteiger charge is -2.11. The average Bonchev–Trinajstić information content (AvgIpc) is 2.15. The molecule has 0 saturated heterocycles. The van der Waals surface area contributed by atoms with Gasteiger partial charge >= 0.3 is 6.18 Å². The van der Waals surface area contributed by atoms with Crippen molar-refractivity contribution < 1.29 is 17.9 Å². The fraction of sp³-hybridized carbons (Fsp3) is 0.444. The molecule has 0 aliphatic carbocycles. The molecule has 0 unspecified atom stereocenters. The van der Waals surface area contributed by atoms with Gasteiger partial charge in [0.2, 0.25) is 5.43 Å². The summed E-state index contributed by atoms with van der Waals surface area (Å²) in [4.78, 5) is 13.4. The number of pyridine rings is 1. The van der Waals surface area contributed by atoms with Crippen LogP contribution in [0, 0.1) is 0 Å². The number of nitrogens with one attached hydrogen (secondary N) is 1. The molecule has 1 aromatic rings. The first-order chi connectivity index (χ1) is 6.90. The molecule has 1 heterocycles. The third-order valence-electron chi connectivity index (χ3n) is 1.92. The highest BCUT2D eigenvalue weighted by molar-refractivity contribution is 5.30. The van der Waals surface area contributed by atoms with Crippen molar-refractivity contribution in [1.82, 2.24) is 4.98 Å². The van der Waals surface area contributed by atoms with Crippen molar-refractivity contribution in [2.24, 2.45) is 0 Å². The first kappa shape index (κ1) is 11.6. The number of aromatic amines is 1. The van der Waals surface area contributed by atoms with E-state index in [0.717, 1.165) is 0 Å². The maximum absolute atomic E-state index is 12.3. The van der Waals surface area contributed by atoms with Crippen molar-refractivity contribution in [3.63, 3.8) is 0 Å². The number of ether oxygens (including phenoxy) is 1. The molecule has 0 amide bonds. The van der Waals surface area contributed by atoms with Crippen molar-refractivity contribution >= 4 is 0 Å². The van der Waals surface area contributed by atoms with E-state index in [9.17, 15) is 18.0 Å². The molecule has 15 heavy (non-hydrogen) atoms. The topological polar surface area (TPSA) is 42.1 Å². The molecular weight excluding hydrogens is 211 g/mol. The van der Waals surface area contributed by atoms with E-state index in [0.29, 0.717) is 6.07 Å². The van der Waals surface area contributed by atoms with Gasteiger partial charge in [0.15, 0.2) is 5.75 Å². The van der Waals surface area contributed by atoms with Crippen molar-refractivity contribution in [3.8, 4) is 5.75 Å². The minimum Gasteiger partial charge on any atom is -0.491 e. The summed E-state index contributed by atoms with van der Waals surface area (Å²) >= 11 is 0. The van der Waals surface area contributed by atoms with Crippen LogP contribution in [0.1, 0.15) is 18.3 Å². The molecule has 1 rings (SSSR count). The summed E-state index contributed by atoms with van der Waals surface area (Å²) in [5.74, 6) is -0.0644. The molecule has 0 aromatic carbocycles. The average molecular weight is 221 g/mol. The molecule has 1 aromatic heterocycles. The van der Waals surface area contributed by atoms with E-state index in [-0.39, 0.29) is 17.9 Å². The van der Waals surface area contributed by atoms with Crippen molar-refractivity contribution in [1.29, 1.82) is 0 Å². The zero-order valence-electron chi connectivity index (χ0n) is 8.23. The summed E-state index contributed by atoms with van der Waals surface area (Å²) < 4.78 is 41.7. The normalized spacial score (nSPS) is 11.5. The Balaban J connectivity index is 3.39. The fourth-order valence-corrected chi connectivity index (χ4v) is 1.23. The molecule has 0 bridgehead atoms. The predicted octanol–water partition coefficient (Wildman–Crippen LogP) is 1.96. The Bertz CT molecular complexity index is 409. The fourth-order valence-electron chi connectivity index (χ4n) is 1.23. The molecule has 0 saturated carbocycles. The van der Waals surface area contributed by atoms with Gasteiger partial charge in [0.1, 0.15) is 5.69 Å². The molecule has 6 heteroatoms. The van der Waals surface area contributed by atoms with Crippen LogP contribution in [0.25, 0.3) is 0 Å². The Kier molecular flexibility index (Phi) is 3.06. The number of rotatable bonds is 2. The van der Waals surface area contributed by atoms with Crippen LogP contribution in [0.3, 0.4) is 0 Å². The van der Waals surface area contributed by atoms with Gasteiger partial charge in [0.05, 0.1) is 12.8 Å². The van der Waals surface area contributed by atoms with Crippen molar-refractivity contribution in [2.75, 3.05) is 7.11 Å². The number of H-pyrrole nitrogens is 1. The largest absolute Gasteiger partial charge is 0.491 e. The van der Waals surface area contributed by atoms with Gasteiger partial charge in [-0.3, -0.25) is 4.79 Å². The maximum atomic E-state index is 12.3. The van der Waals surface area contributed by atoms with E-state index in [1.807, 2.05) is 0 Å². The van der Waals surface area contributed by atoms with Crippen LogP contribution < -0.4 is 10.2 Å². The van der Waals surface area contributed by atoms with Gasteiger partial charge in [-0.05, 0) is 6.42 Å². The lowest BCUT2D eigenvalue weighted by Crippen LogP contribution is -2.17. The zero-order valence-corrected chi connectivity index (χ0v) is 8.23. The Morgan fingerprint density at radius 1 is 1.47 bits per heavy atom. The van der Waals surface area contributed by atoms with E-state index in [2.05, 4.69) is 4.98 Å². The van der Waals surface area contributed by atoms with Crippen LogP contribution in [-0.4, -0.2) is 12.1 Å². The first-order valence-corrected chi connectivity index (χ1v) is 4.27. The quantitative estimate of drug-likeness (QED) is 0.829. The highest BCUT2D eigenvalue weighted by atomic mass is 19.4. The number of alkyl halides is 3. The van der Waals surface area contributed by atoms with Gasteiger partial charge in [-0.2, -0.15) is 13.2 Å². The second-order valence-electron chi connectivity index (χ2n) is 2.91. The van der Waals surface area contributed by atoms with Crippen LogP contribution in [0.2, 0.25) is 0 Å². The second-order valence-corrected chi connectivity index (χ2v) is 2.91. The highest BCUT2D eigenvalue weighted by Gasteiger charge is 2.33. The van der Waals surface area contributed by atoms with Crippen molar-refractivity contribution in [2.45, 2.75) is 19.5 Å². The molecule has 0 fully saturated rings. The Morgan fingerprint density at radius 2 is 2.07 bits per heavy atom. The molecule has 0 radical (unpaired) electrons. The molecule has 0 aliphatic heterocycles. The standard InChI is InChI=1S/C9H10F3NO2/c1-3-5-8(15-2)6(14)4-7(13-5)9(10,11)12/h4H,3H2,1-2H3,(H,13,14). The molecule has 0 aliphatic rings. The van der Waals surface area contributed by atoms with E-state index in [4.69, 9.17) is 4.74 Å². The monoisotopic (exact) mass is 221 g/mol. The van der Waals surface area contributed by atoms with E-state index < -0.39 is 17.3 Å². The molecule has 1 N–H and O–H groups in total. The molecule has 0 spiro atoms. The summed E-state index contributed by atoms with van der Waals surface area (Å²) in [5.41, 5.74) is -1.66. The maximum Gasteiger partial charge on any atom is 0.431 e.